The van der Waals surface area contributed by atoms with Gasteiger partial charge < -0.3 is 9.47 Å². The number of aryl methyl sites for hydroxylation is 1. The van der Waals surface area contributed by atoms with Crippen LogP contribution in [0.4, 0.5) is 4.39 Å². The molecule has 0 aromatic heterocycles. The van der Waals surface area contributed by atoms with E-state index in [0.29, 0.717) is 44.2 Å². The average Bonchev–Trinajstić information content (AvgIpc) is 3.13. The van der Waals surface area contributed by atoms with Gasteiger partial charge in [-0.25, -0.2) is 4.39 Å². The number of ether oxygens (including phenoxy) is 2. The summed E-state index contributed by atoms with van der Waals surface area (Å²) in [5.41, 5.74) is 1.63. The molecule has 0 unspecified atom stereocenters. The van der Waals surface area contributed by atoms with Gasteiger partial charge in [-0.15, -0.1) is 6.58 Å². The molecule has 5 heteroatoms. The topological polar surface area (TPSA) is 38.8 Å². The molecule has 1 aromatic carbocycles. The highest BCUT2D eigenvalue weighted by molar-refractivity contribution is 5.78. The first-order valence-corrected chi connectivity index (χ1v) is 10.1. The maximum Gasteiger partial charge on any atom is 0.229 e. The Morgan fingerprint density at radius 1 is 1.36 bits per heavy atom. The number of carbonyl (C=O) groups excluding carboxylic acids is 1. The van der Waals surface area contributed by atoms with E-state index in [-0.39, 0.29) is 11.7 Å². The van der Waals surface area contributed by atoms with Gasteiger partial charge in [0.2, 0.25) is 5.91 Å². The normalized spacial score (nSPS) is 14.4. The second kappa shape index (κ2) is 13.9. The van der Waals surface area contributed by atoms with Crippen LogP contribution in [0, 0.1) is 12.7 Å². The zero-order chi connectivity index (χ0) is 20.8. The quantitative estimate of drug-likeness (QED) is 0.411. The molecular formula is C23H34FNO3. The number of carbonyl (C=O) groups is 1. The average molecular weight is 392 g/mol. The van der Waals surface area contributed by atoms with E-state index >= 15 is 0 Å². The first kappa shape index (κ1) is 23.9. The molecule has 1 saturated heterocycles. The fourth-order valence-electron chi connectivity index (χ4n) is 2.80. The number of halogens is 1. The van der Waals surface area contributed by atoms with Gasteiger partial charge in [-0.2, -0.15) is 0 Å². The summed E-state index contributed by atoms with van der Waals surface area (Å²) in [7, 11) is 0. The number of allylic oxidation sites excluding steroid dienone is 2. The van der Waals surface area contributed by atoms with Gasteiger partial charge in [0.1, 0.15) is 12.4 Å². The maximum absolute atomic E-state index is 13.2. The predicted molar refractivity (Wildman–Crippen MR) is 111 cm³/mol. The Labute approximate surface area is 169 Å². The van der Waals surface area contributed by atoms with E-state index in [1.807, 2.05) is 26.0 Å². The molecule has 0 radical (unpaired) electrons. The first-order valence-electron chi connectivity index (χ1n) is 10.1. The van der Waals surface area contributed by atoms with Crippen molar-refractivity contribution >= 4 is 5.91 Å². The molecule has 1 heterocycles. The largest absolute Gasteiger partial charge is 0.477 e. The van der Waals surface area contributed by atoms with Gasteiger partial charge >= 0.3 is 0 Å². The molecule has 2 rings (SSSR count). The van der Waals surface area contributed by atoms with Crippen LogP contribution >= 0.6 is 0 Å². The minimum Gasteiger partial charge on any atom is -0.477 e. The lowest BCUT2D eigenvalue weighted by Crippen LogP contribution is -2.26. The number of amides is 1. The van der Waals surface area contributed by atoms with Crippen molar-refractivity contribution in [3.63, 3.8) is 0 Å². The molecule has 0 bridgehead atoms. The number of hydrogen-bond donors (Lipinski definition) is 0. The van der Waals surface area contributed by atoms with E-state index in [9.17, 15) is 9.18 Å². The van der Waals surface area contributed by atoms with Gasteiger partial charge in [-0.3, -0.25) is 9.69 Å². The molecule has 0 saturated carbocycles. The minimum absolute atomic E-state index is 0.139. The molecule has 1 aromatic rings. The molecule has 1 fully saturated rings. The third-order valence-corrected chi connectivity index (χ3v) is 4.18. The molecule has 4 nitrogen and oxygen atoms in total. The second-order valence-corrected chi connectivity index (χ2v) is 6.70. The van der Waals surface area contributed by atoms with Crippen LogP contribution in [0.25, 0.3) is 0 Å². The van der Waals surface area contributed by atoms with E-state index in [0.717, 1.165) is 31.2 Å². The number of unbranched alkanes of at least 4 members (excludes halogenated alkanes) is 2. The van der Waals surface area contributed by atoms with Crippen molar-refractivity contribution in [1.29, 1.82) is 0 Å². The summed E-state index contributed by atoms with van der Waals surface area (Å²) in [6.07, 6.45) is 7.84. The van der Waals surface area contributed by atoms with Crippen molar-refractivity contribution in [3.05, 3.63) is 59.8 Å². The summed E-state index contributed by atoms with van der Waals surface area (Å²) in [5, 5.41) is 0. The van der Waals surface area contributed by atoms with Crippen molar-refractivity contribution < 1.29 is 18.7 Å². The highest BCUT2D eigenvalue weighted by atomic mass is 19.1. The summed E-state index contributed by atoms with van der Waals surface area (Å²) >= 11 is 0. The molecule has 0 spiro atoms. The Balaban J connectivity index is 0.00000122. The number of nitrogens with zero attached hydrogens (tertiary/aromatic N) is 1. The van der Waals surface area contributed by atoms with Crippen LogP contribution in [0.3, 0.4) is 0 Å². The SMILES string of the molecule is C=CC.CC/C=C1\OCCN1C(=O)CCCCCOCc1ccc(F)c(C)c1. The van der Waals surface area contributed by atoms with Gasteiger partial charge in [-0.05, 0) is 56.4 Å². The lowest BCUT2D eigenvalue weighted by molar-refractivity contribution is -0.129. The Morgan fingerprint density at radius 2 is 2.11 bits per heavy atom. The highest BCUT2D eigenvalue weighted by Crippen LogP contribution is 2.17. The maximum atomic E-state index is 13.2. The Morgan fingerprint density at radius 3 is 2.79 bits per heavy atom. The van der Waals surface area contributed by atoms with Gasteiger partial charge in [0, 0.05) is 13.0 Å². The van der Waals surface area contributed by atoms with Crippen LogP contribution in [0.5, 0.6) is 0 Å². The summed E-state index contributed by atoms with van der Waals surface area (Å²) < 4.78 is 24.3. The molecule has 0 N–H and O–H groups in total. The zero-order valence-corrected chi connectivity index (χ0v) is 17.5. The van der Waals surface area contributed by atoms with Crippen LogP contribution in [0.15, 0.2) is 42.8 Å². The molecule has 1 amide bonds. The standard InChI is InChI=1S/C20H28FNO3.C3H6/c1-3-7-20-22(11-13-25-20)19(23)8-5-4-6-12-24-15-17-9-10-18(21)16(2)14-17;1-3-2/h7,9-10,14H,3-6,8,11-13,15H2,1-2H3;3H,1H2,2H3/b20-7-;. The second-order valence-electron chi connectivity index (χ2n) is 6.70. The smallest absolute Gasteiger partial charge is 0.229 e. The highest BCUT2D eigenvalue weighted by Gasteiger charge is 2.23. The fourth-order valence-corrected chi connectivity index (χ4v) is 2.80. The zero-order valence-electron chi connectivity index (χ0n) is 17.5. The van der Waals surface area contributed by atoms with E-state index < -0.39 is 0 Å². The van der Waals surface area contributed by atoms with Gasteiger partial charge in [0.15, 0.2) is 5.88 Å². The van der Waals surface area contributed by atoms with Gasteiger partial charge in [0.05, 0.1) is 13.2 Å². The molecule has 0 aliphatic carbocycles. The van der Waals surface area contributed by atoms with Crippen LogP contribution < -0.4 is 0 Å². The number of rotatable bonds is 9. The van der Waals surface area contributed by atoms with Crippen molar-refractivity contribution in [2.75, 3.05) is 19.8 Å². The van der Waals surface area contributed by atoms with Crippen LogP contribution in [-0.4, -0.2) is 30.6 Å². The first-order chi connectivity index (χ1) is 13.5. The van der Waals surface area contributed by atoms with E-state index in [1.54, 1.807) is 24.0 Å². The molecule has 28 heavy (non-hydrogen) atoms. The van der Waals surface area contributed by atoms with Gasteiger partial charge in [-0.1, -0.05) is 31.6 Å². The molecule has 156 valence electrons. The van der Waals surface area contributed by atoms with Crippen molar-refractivity contribution in [2.24, 2.45) is 0 Å². The van der Waals surface area contributed by atoms with Gasteiger partial charge in [0.25, 0.3) is 0 Å². The van der Waals surface area contributed by atoms with Crippen molar-refractivity contribution in [1.82, 2.24) is 4.90 Å². The predicted octanol–water partition coefficient (Wildman–Crippen LogP) is 5.51. The third-order valence-electron chi connectivity index (χ3n) is 4.18. The Hall–Kier alpha value is -2.14. The lowest BCUT2D eigenvalue weighted by atomic mass is 10.1. The molecular weight excluding hydrogens is 357 g/mol. The van der Waals surface area contributed by atoms with Crippen molar-refractivity contribution in [3.8, 4) is 0 Å². The van der Waals surface area contributed by atoms with E-state index in [4.69, 9.17) is 9.47 Å². The van der Waals surface area contributed by atoms with E-state index in [2.05, 4.69) is 6.58 Å². The molecule has 1 aliphatic rings. The Kier molecular flexibility index (Phi) is 11.9. The monoisotopic (exact) mass is 391 g/mol. The summed E-state index contributed by atoms with van der Waals surface area (Å²) in [6.45, 7) is 11.4. The lowest BCUT2D eigenvalue weighted by Gasteiger charge is -2.15. The molecule has 1 aliphatic heterocycles. The fraction of sp³-hybridized carbons (Fsp3) is 0.522. The van der Waals surface area contributed by atoms with Crippen LogP contribution in [0.1, 0.15) is 57.1 Å². The number of benzene rings is 1. The molecule has 0 atom stereocenters. The Bertz CT molecular complexity index is 643. The minimum atomic E-state index is -0.186. The summed E-state index contributed by atoms with van der Waals surface area (Å²) in [4.78, 5) is 14.0. The van der Waals surface area contributed by atoms with Crippen molar-refractivity contribution in [2.45, 2.75) is 59.5 Å². The summed E-state index contributed by atoms with van der Waals surface area (Å²) in [6, 6.07) is 5.04. The van der Waals surface area contributed by atoms with Crippen LogP contribution in [-0.2, 0) is 20.9 Å². The summed E-state index contributed by atoms with van der Waals surface area (Å²) in [5.74, 6) is 0.666. The van der Waals surface area contributed by atoms with Crippen LogP contribution in [0.2, 0.25) is 0 Å². The number of hydrogen-bond acceptors (Lipinski definition) is 3. The third kappa shape index (κ3) is 8.70. The van der Waals surface area contributed by atoms with E-state index in [1.165, 1.54) is 6.07 Å².